The van der Waals surface area contributed by atoms with Crippen LogP contribution in [0.3, 0.4) is 0 Å². The van der Waals surface area contributed by atoms with E-state index in [1.54, 1.807) is 18.0 Å². The molecule has 0 saturated carbocycles. The number of fused-ring (bicyclic) bond motifs is 1. The molecule has 0 aliphatic rings. The normalized spacial score (nSPS) is 11.8. The summed E-state index contributed by atoms with van der Waals surface area (Å²) in [5, 5.41) is 21.0. The molecule has 0 unspecified atom stereocenters. The number of anilines is 4. The van der Waals surface area contributed by atoms with Crippen molar-refractivity contribution in [2.45, 2.75) is 18.2 Å². The van der Waals surface area contributed by atoms with Gasteiger partial charge < -0.3 is 21.1 Å². The van der Waals surface area contributed by atoms with Crippen LogP contribution < -0.4 is 26.8 Å². The molecule has 0 radical (unpaired) electrons. The molecule has 1 atom stereocenters. The minimum absolute atomic E-state index is 0.0331. The number of aliphatic carboxylic acids is 1. The Bertz CT molecular complexity index is 1680. The van der Waals surface area contributed by atoms with Gasteiger partial charge in [-0.1, -0.05) is 66.7 Å². The zero-order valence-electron chi connectivity index (χ0n) is 21.6. The first-order valence-electron chi connectivity index (χ1n) is 12.9. The number of carbonyl (C=O) groups is 1. The summed E-state index contributed by atoms with van der Waals surface area (Å²) in [4.78, 5) is 40.9. The standard InChI is InChI=1S/C31H28N4O4S/c36-28-26(32-16-17-40-19-21-6-2-1-3-7-21)27(29(28)37)35-25(31(38)39)18-20-10-12-23(13-11-20)34-30-24-9-5-4-8-22(24)14-15-33-30/h1-15,25,32,35H,16-19H2,(H,33,34)(H,38,39)/t25-/m0/s1. The van der Waals surface area contributed by atoms with Crippen LogP contribution in [0.1, 0.15) is 11.1 Å². The molecule has 0 saturated heterocycles. The van der Waals surface area contributed by atoms with Gasteiger partial charge in [0.2, 0.25) is 0 Å². The van der Waals surface area contributed by atoms with Crippen molar-refractivity contribution in [1.82, 2.24) is 4.98 Å². The predicted octanol–water partition coefficient (Wildman–Crippen LogP) is 5.03. The van der Waals surface area contributed by atoms with Gasteiger partial charge in [-0.2, -0.15) is 11.8 Å². The monoisotopic (exact) mass is 552 g/mol. The number of hydrogen-bond donors (Lipinski definition) is 4. The minimum atomic E-state index is -1.11. The molecular formula is C31H28N4O4S. The van der Waals surface area contributed by atoms with E-state index in [4.69, 9.17) is 0 Å². The lowest BCUT2D eigenvalue weighted by atomic mass is 10.0. The Kier molecular flexibility index (Phi) is 8.41. The minimum Gasteiger partial charge on any atom is -0.480 e. The van der Waals surface area contributed by atoms with Crippen LogP contribution in [0.4, 0.5) is 22.9 Å². The van der Waals surface area contributed by atoms with Crippen molar-refractivity contribution in [3.63, 3.8) is 0 Å². The number of pyridine rings is 1. The van der Waals surface area contributed by atoms with E-state index >= 15 is 0 Å². The van der Waals surface area contributed by atoms with E-state index in [0.717, 1.165) is 39.3 Å². The van der Waals surface area contributed by atoms with Gasteiger partial charge in [-0.15, -0.1) is 0 Å². The number of rotatable bonds is 13. The lowest BCUT2D eigenvalue weighted by molar-refractivity contribution is -0.137. The van der Waals surface area contributed by atoms with Crippen molar-refractivity contribution in [2.24, 2.45) is 0 Å². The second-order valence-corrected chi connectivity index (χ2v) is 10.4. The van der Waals surface area contributed by atoms with Crippen LogP contribution in [0.5, 0.6) is 0 Å². The summed E-state index contributed by atoms with van der Waals surface area (Å²) in [6, 6.07) is 26.2. The largest absolute Gasteiger partial charge is 0.480 e. The zero-order valence-corrected chi connectivity index (χ0v) is 22.4. The summed E-state index contributed by atoms with van der Waals surface area (Å²) in [5.41, 5.74) is 1.64. The molecule has 4 N–H and O–H groups in total. The molecule has 9 heteroatoms. The fraction of sp³-hybridized carbons (Fsp3) is 0.161. The third kappa shape index (κ3) is 6.32. The molecular weight excluding hydrogens is 524 g/mol. The highest BCUT2D eigenvalue weighted by atomic mass is 32.2. The highest BCUT2D eigenvalue weighted by Gasteiger charge is 2.26. The van der Waals surface area contributed by atoms with Crippen LogP contribution >= 0.6 is 11.8 Å². The first-order valence-corrected chi connectivity index (χ1v) is 14.0. The van der Waals surface area contributed by atoms with Gasteiger partial charge in [0.05, 0.1) is 0 Å². The number of carboxylic acids is 1. The summed E-state index contributed by atoms with van der Waals surface area (Å²) in [6.45, 7) is 0.481. The Morgan fingerprint density at radius 2 is 1.57 bits per heavy atom. The Labute approximate surface area is 235 Å². The van der Waals surface area contributed by atoms with Gasteiger partial charge in [-0.05, 0) is 34.7 Å². The molecule has 1 heterocycles. The van der Waals surface area contributed by atoms with E-state index in [-0.39, 0.29) is 17.8 Å². The Balaban J connectivity index is 1.18. The van der Waals surface area contributed by atoms with E-state index in [1.807, 2.05) is 72.8 Å². The maximum absolute atomic E-state index is 12.2. The zero-order chi connectivity index (χ0) is 27.9. The van der Waals surface area contributed by atoms with Gasteiger partial charge in [0.15, 0.2) is 0 Å². The van der Waals surface area contributed by atoms with Gasteiger partial charge >= 0.3 is 5.97 Å². The predicted molar refractivity (Wildman–Crippen MR) is 163 cm³/mol. The molecule has 0 aliphatic heterocycles. The van der Waals surface area contributed by atoms with Crippen LogP contribution in [-0.4, -0.2) is 34.4 Å². The van der Waals surface area contributed by atoms with Crippen molar-refractivity contribution in [2.75, 3.05) is 28.2 Å². The van der Waals surface area contributed by atoms with Gasteiger partial charge in [0, 0.05) is 41.7 Å². The molecule has 5 aromatic rings. The average molecular weight is 553 g/mol. The molecule has 0 fully saturated rings. The number of hydrogen-bond acceptors (Lipinski definition) is 8. The first-order chi connectivity index (χ1) is 19.5. The van der Waals surface area contributed by atoms with E-state index < -0.39 is 22.9 Å². The molecule has 202 valence electrons. The summed E-state index contributed by atoms with van der Waals surface area (Å²) in [6.07, 6.45) is 1.88. The lowest BCUT2D eigenvalue weighted by Crippen LogP contribution is -2.42. The lowest BCUT2D eigenvalue weighted by Gasteiger charge is -2.20. The van der Waals surface area contributed by atoms with Crippen molar-refractivity contribution < 1.29 is 9.90 Å². The average Bonchev–Trinajstić information content (AvgIpc) is 2.98. The Hall–Kier alpha value is -4.63. The second-order valence-electron chi connectivity index (χ2n) is 9.32. The number of nitrogens with zero attached hydrogens (tertiary/aromatic N) is 1. The Morgan fingerprint density at radius 3 is 2.35 bits per heavy atom. The smallest absolute Gasteiger partial charge is 0.326 e. The second kappa shape index (κ2) is 12.5. The van der Waals surface area contributed by atoms with Crippen molar-refractivity contribution >= 4 is 51.4 Å². The number of aromatic nitrogens is 1. The van der Waals surface area contributed by atoms with Crippen LogP contribution in [-0.2, 0) is 17.0 Å². The van der Waals surface area contributed by atoms with Crippen LogP contribution in [0.25, 0.3) is 10.8 Å². The fourth-order valence-electron chi connectivity index (χ4n) is 4.40. The molecule has 8 nitrogen and oxygen atoms in total. The quantitative estimate of drug-likeness (QED) is 0.118. The topological polar surface area (TPSA) is 120 Å². The number of nitrogens with one attached hydrogen (secondary N) is 3. The molecule has 1 aromatic heterocycles. The SMILES string of the molecule is O=C(O)[C@H](Cc1ccc(Nc2nccc3ccccc23)cc1)Nc1c(NCCSCc2ccccc2)c(=O)c1=O. The molecule has 0 spiro atoms. The maximum atomic E-state index is 12.2. The molecule has 0 bridgehead atoms. The van der Waals surface area contributed by atoms with E-state index in [9.17, 15) is 19.5 Å². The highest BCUT2D eigenvalue weighted by Crippen LogP contribution is 2.25. The van der Waals surface area contributed by atoms with Crippen LogP contribution in [0, 0.1) is 0 Å². The summed E-state index contributed by atoms with van der Waals surface area (Å²) < 4.78 is 0. The van der Waals surface area contributed by atoms with E-state index in [2.05, 4.69) is 33.1 Å². The third-order valence-corrected chi connectivity index (χ3v) is 7.55. The number of carboxylic acid groups (broad SMARTS) is 1. The van der Waals surface area contributed by atoms with Gasteiger partial charge in [-0.25, -0.2) is 9.78 Å². The molecule has 0 aliphatic carbocycles. The van der Waals surface area contributed by atoms with Crippen molar-refractivity contribution in [3.8, 4) is 0 Å². The molecule has 0 amide bonds. The van der Waals surface area contributed by atoms with Gasteiger partial charge in [0.25, 0.3) is 10.9 Å². The van der Waals surface area contributed by atoms with Crippen LogP contribution in [0.2, 0.25) is 0 Å². The van der Waals surface area contributed by atoms with Gasteiger partial charge in [0.1, 0.15) is 23.2 Å². The first kappa shape index (κ1) is 27.0. The number of benzene rings is 3. The third-order valence-electron chi connectivity index (χ3n) is 6.52. The van der Waals surface area contributed by atoms with E-state index in [1.165, 1.54) is 5.56 Å². The van der Waals surface area contributed by atoms with Crippen LogP contribution in [0.15, 0.2) is 101 Å². The highest BCUT2D eigenvalue weighted by molar-refractivity contribution is 7.98. The van der Waals surface area contributed by atoms with Gasteiger partial charge in [-0.3, -0.25) is 9.59 Å². The summed E-state index contributed by atoms with van der Waals surface area (Å²) in [7, 11) is 0. The maximum Gasteiger partial charge on any atom is 0.326 e. The molecule has 5 rings (SSSR count). The van der Waals surface area contributed by atoms with E-state index in [0.29, 0.717) is 6.54 Å². The Morgan fingerprint density at radius 1 is 0.850 bits per heavy atom. The molecule has 4 aromatic carbocycles. The fourth-order valence-corrected chi connectivity index (χ4v) is 5.22. The number of thioether (sulfide) groups is 1. The molecule has 40 heavy (non-hydrogen) atoms. The van der Waals surface area contributed by atoms with Crippen molar-refractivity contribution in [3.05, 3.63) is 123 Å². The summed E-state index contributed by atoms with van der Waals surface area (Å²) >= 11 is 1.70. The summed E-state index contributed by atoms with van der Waals surface area (Å²) in [5.74, 6) is 1.19. The van der Waals surface area contributed by atoms with Crippen molar-refractivity contribution in [1.29, 1.82) is 0 Å².